The fourth-order valence-corrected chi connectivity index (χ4v) is 3.77. The average molecular weight is 378 g/mol. The maximum atomic E-state index is 12.3. The maximum Gasteiger partial charge on any atom is 0.241 e. The number of carbonyl (C=O) groups excluding carboxylic acids is 1. The van der Waals surface area contributed by atoms with Crippen LogP contribution in [0, 0.1) is 5.92 Å². The number of nitrogens with zero attached hydrogens (tertiary/aromatic N) is 4. The molecule has 26 heavy (non-hydrogen) atoms. The van der Waals surface area contributed by atoms with E-state index >= 15 is 0 Å². The molecule has 8 heteroatoms. The zero-order valence-corrected chi connectivity index (χ0v) is 16.3. The Balaban J connectivity index is 1.39. The maximum absolute atomic E-state index is 12.3. The highest BCUT2D eigenvalue weighted by Crippen LogP contribution is 2.23. The van der Waals surface area contributed by atoms with E-state index in [1.807, 2.05) is 31.6 Å². The van der Waals surface area contributed by atoms with E-state index in [-0.39, 0.29) is 11.8 Å². The quantitative estimate of drug-likeness (QED) is 0.710. The second-order valence-corrected chi connectivity index (χ2v) is 7.93. The number of hydrogen-bond acceptors (Lipinski definition) is 7. The van der Waals surface area contributed by atoms with Gasteiger partial charge in [-0.05, 0) is 64.4 Å². The lowest BCUT2D eigenvalue weighted by molar-refractivity contribution is -0.126. The summed E-state index contributed by atoms with van der Waals surface area (Å²) in [6, 6.07) is 3.97. The lowest BCUT2D eigenvalue weighted by Gasteiger charge is -2.30. The van der Waals surface area contributed by atoms with E-state index < -0.39 is 0 Å². The molecule has 0 saturated carbocycles. The predicted octanol–water partition coefficient (Wildman–Crippen LogP) is 2.08. The van der Waals surface area contributed by atoms with Crippen LogP contribution in [0.5, 0.6) is 0 Å². The van der Waals surface area contributed by atoms with Gasteiger partial charge in [0.2, 0.25) is 17.6 Å². The topological polar surface area (TPSA) is 74.5 Å². The predicted molar refractivity (Wildman–Crippen MR) is 102 cm³/mol. The van der Waals surface area contributed by atoms with E-state index in [9.17, 15) is 4.79 Å². The first-order valence-corrected chi connectivity index (χ1v) is 10.0. The third-order valence-corrected chi connectivity index (χ3v) is 5.47. The van der Waals surface area contributed by atoms with Crippen LogP contribution < -0.4 is 5.32 Å². The molecule has 1 aliphatic rings. The Hall–Kier alpha value is -1.77. The van der Waals surface area contributed by atoms with Crippen molar-refractivity contribution in [1.82, 2.24) is 25.3 Å². The molecule has 142 valence electrons. The van der Waals surface area contributed by atoms with Crippen LogP contribution >= 0.6 is 11.3 Å². The highest BCUT2D eigenvalue weighted by Gasteiger charge is 2.25. The van der Waals surface area contributed by atoms with Crippen LogP contribution in [-0.2, 0) is 11.3 Å². The smallest absolute Gasteiger partial charge is 0.241 e. The zero-order valence-electron chi connectivity index (χ0n) is 15.5. The zero-order chi connectivity index (χ0) is 18.4. The molecule has 0 unspecified atom stereocenters. The molecule has 0 bridgehead atoms. The van der Waals surface area contributed by atoms with Gasteiger partial charge in [0.15, 0.2) is 0 Å². The van der Waals surface area contributed by atoms with Crippen molar-refractivity contribution in [3.8, 4) is 10.7 Å². The molecule has 0 atom stereocenters. The molecule has 3 heterocycles. The minimum Gasteiger partial charge on any atom is -0.356 e. The van der Waals surface area contributed by atoms with E-state index in [1.165, 1.54) is 0 Å². The number of nitrogens with one attached hydrogen (secondary N) is 1. The number of carbonyl (C=O) groups is 1. The Labute approximate surface area is 158 Å². The van der Waals surface area contributed by atoms with Crippen molar-refractivity contribution in [3.63, 3.8) is 0 Å². The Morgan fingerprint density at radius 3 is 2.92 bits per heavy atom. The summed E-state index contributed by atoms with van der Waals surface area (Å²) in [6.07, 6.45) is 2.75. The van der Waals surface area contributed by atoms with Gasteiger partial charge in [-0.3, -0.25) is 9.69 Å². The normalized spacial score (nSPS) is 16.3. The molecule has 0 radical (unpaired) electrons. The summed E-state index contributed by atoms with van der Waals surface area (Å²) in [5.41, 5.74) is 0. The summed E-state index contributed by atoms with van der Waals surface area (Å²) >= 11 is 1.60. The van der Waals surface area contributed by atoms with Crippen molar-refractivity contribution >= 4 is 17.2 Å². The molecule has 2 aromatic rings. The van der Waals surface area contributed by atoms with E-state index in [2.05, 4.69) is 25.3 Å². The van der Waals surface area contributed by atoms with Gasteiger partial charge in [0, 0.05) is 12.5 Å². The molecule has 3 rings (SSSR count). The van der Waals surface area contributed by atoms with Gasteiger partial charge in [0.1, 0.15) is 0 Å². The van der Waals surface area contributed by atoms with Gasteiger partial charge in [-0.15, -0.1) is 11.3 Å². The molecule has 7 nitrogen and oxygen atoms in total. The lowest BCUT2D eigenvalue weighted by atomic mass is 9.96. The number of amides is 1. The fourth-order valence-electron chi connectivity index (χ4n) is 3.12. The van der Waals surface area contributed by atoms with Crippen LogP contribution in [0.4, 0.5) is 0 Å². The van der Waals surface area contributed by atoms with Crippen molar-refractivity contribution < 1.29 is 9.32 Å². The molecule has 2 aromatic heterocycles. The van der Waals surface area contributed by atoms with Gasteiger partial charge in [-0.2, -0.15) is 4.98 Å². The van der Waals surface area contributed by atoms with Crippen molar-refractivity contribution in [2.75, 3.05) is 40.3 Å². The number of aromatic nitrogens is 2. The lowest BCUT2D eigenvalue weighted by Crippen LogP contribution is -2.40. The first-order chi connectivity index (χ1) is 12.6. The Kier molecular flexibility index (Phi) is 6.76. The molecule has 1 aliphatic heterocycles. The average Bonchev–Trinajstić information content (AvgIpc) is 3.30. The number of piperidine rings is 1. The molecular weight excluding hydrogens is 350 g/mol. The molecule has 0 aliphatic carbocycles. The SMILES string of the molecule is CN(C)CCCNC(=O)C1CCN(Cc2nc(-c3cccs3)no2)CC1. The first kappa shape index (κ1) is 19.0. The van der Waals surface area contributed by atoms with Crippen molar-refractivity contribution in [2.45, 2.75) is 25.8 Å². The second kappa shape index (κ2) is 9.25. The van der Waals surface area contributed by atoms with Crippen LogP contribution in [0.2, 0.25) is 0 Å². The van der Waals surface area contributed by atoms with Gasteiger partial charge >= 0.3 is 0 Å². The first-order valence-electron chi connectivity index (χ1n) is 9.13. The van der Waals surface area contributed by atoms with Gasteiger partial charge in [0.05, 0.1) is 11.4 Å². The van der Waals surface area contributed by atoms with Gasteiger partial charge in [-0.1, -0.05) is 11.2 Å². The molecule has 1 amide bonds. The van der Waals surface area contributed by atoms with E-state index in [0.717, 1.165) is 50.3 Å². The van der Waals surface area contributed by atoms with Crippen LogP contribution in [-0.4, -0.2) is 66.1 Å². The summed E-state index contributed by atoms with van der Waals surface area (Å²) < 4.78 is 5.37. The molecular formula is C18H27N5O2S. The summed E-state index contributed by atoms with van der Waals surface area (Å²) in [6.45, 7) is 4.16. The second-order valence-electron chi connectivity index (χ2n) is 6.99. The van der Waals surface area contributed by atoms with Crippen molar-refractivity contribution in [3.05, 3.63) is 23.4 Å². The molecule has 0 spiro atoms. The monoisotopic (exact) mass is 377 g/mol. The molecule has 1 N–H and O–H groups in total. The summed E-state index contributed by atoms with van der Waals surface area (Å²) in [5, 5.41) is 9.12. The Morgan fingerprint density at radius 1 is 1.42 bits per heavy atom. The summed E-state index contributed by atoms with van der Waals surface area (Å²) in [5.74, 6) is 1.61. The minimum atomic E-state index is 0.120. The number of thiophene rings is 1. The van der Waals surface area contributed by atoms with E-state index in [1.54, 1.807) is 11.3 Å². The van der Waals surface area contributed by atoms with Gasteiger partial charge in [-0.25, -0.2) is 0 Å². The van der Waals surface area contributed by atoms with Crippen LogP contribution in [0.1, 0.15) is 25.2 Å². The largest absolute Gasteiger partial charge is 0.356 e. The standard InChI is InChI=1S/C18H27N5O2S/c1-22(2)9-4-8-19-18(24)14-6-10-23(11-7-14)13-16-20-17(21-25-16)15-5-3-12-26-15/h3,5,12,14H,4,6-11,13H2,1-2H3,(H,19,24). The highest BCUT2D eigenvalue weighted by atomic mass is 32.1. The Bertz CT molecular complexity index is 678. The fraction of sp³-hybridized carbons (Fsp3) is 0.611. The molecule has 1 fully saturated rings. The number of rotatable bonds is 8. The minimum absolute atomic E-state index is 0.120. The third kappa shape index (κ3) is 5.36. The Morgan fingerprint density at radius 2 is 2.23 bits per heavy atom. The van der Waals surface area contributed by atoms with Crippen molar-refractivity contribution in [1.29, 1.82) is 0 Å². The molecule has 1 saturated heterocycles. The molecule has 0 aromatic carbocycles. The van der Waals surface area contributed by atoms with Crippen LogP contribution in [0.3, 0.4) is 0 Å². The highest BCUT2D eigenvalue weighted by molar-refractivity contribution is 7.13. The van der Waals surface area contributed by atoms with Gasteiger partial charge in [0.25, 0.3) is 0 Å². The number of hydrogen-bond donors (Lipinski definition) is 1. The van der Waals surface area contributed by atoms with Crippen LogP contribution in [0.25, 0.3) is 10.7 Å². The van der Waals surface area contributed by atoms with E-state index in [4.69, 9.17) is 4.52 Å². The summed E-state index contributed by atoms with van der Waals surface area (Å²) in [4.78, 5) is 22.2. The third-order valence-electron chi connectivity index (χ3n) is 4.61. The van der Waals surface area contributed by atoms with Crippen molar-refractivity contribution in [2.24, 2.45) is 5.92 Å². The summed E-state index contributed by atoms with van der Waals surface area (Å²) in [7, 11) is 4.09. The van der Waals surface area contributed by atoms with Gasteiger partial charge < -0.3 is 14.7 Å². The van der Waals surface area contributed by atoms with Crippen LogP contribution in [0.15, 0.2) is 22.0 Å². The number of likely N-dealkylation sites (tertiary alicyclic amines) is 1. The van der Waals surface area contributed by atoms with E-state index in [0.29, 0.717) is 18.3 Å².